The maximum atomic E-state index is 13.5. The SMILES string of the molecule is CC(C)(C)n1nc2c(cnc3ccccc32)c1C(F)(F)F. The monoisotopic (exact) mass is 293 g/mol. The maximum absolute atomic E-state index is 13.5. The van der Waals surface area contributed by atoms with Crippen LogP contribution in [-0.2, 0) is 11.7 Å². The van der Waals surface area contributed by atoms with Gasteiger partial charge >= 0.3 is 6.18 Å². The van der Waals surface area contributed by atoms with Crippen molar-refractivity contribution in [2.45, 2.75) is 32.5 Å². The molecule has 0 spiro atoms. The first kappa shape index (κ1) is 13.9. The first-order valence-electron chi connectivity index (χ1n) is 6.54. The number of halogens is 3. The lowest BCUT2D eigenvalue weighted by molar-refractivity contribution is -0.144. The van der Waals surface area contributed by atoms with E-state index >= 15 is 0 Å². The van der Waals surface area contributed by atoms with Crippen LogP contribution < -0.4 is 0 Å². The average Bonchev–Trinajstić information content (AvgIpc) is 2.78. The summed E-state index contributed by atoms with van der Waals surface area (Å²) in [5.41, 5.74) is -0.547. The summed E-state index contributed by atoms with van der Waals surface area (Å²) in [6, 6.07) is 7.07. The van der Waals surface area contributed by atoms with Gasteiger partial charge in [-0.15, -0.1) is 0 Å². The van der Waals surface area contributed by atoms with Crippen LogP contribution in [0.25, 0.3) is 21.8 Å². The minimum absolute atomic E-state index is 0.0381. The molecule has 1 aromatic carbocycles. The highest BCUT2D eigenvalue weighted by atomic mass is 19.4. The van der Waals surface area contributed by atoms with Gasteiger partial charge in [-0.05, 0) is 26.8 Å². The second-order valence-corrected chi connectivity index (χ2v) is 5.97. The standard InChI is InChI=1S/C15H14F3N3/c1-14(2,3)21-13(15(16,17)18)10-8-19-11-7-5-4-6-9(11)12(10)20-21/h4-8H,1-3H3. The second-order valence-electron chi connectivity index (χ2n) is 5.97. The van der Waals surface area contributed by atoms with Crippen molar-refractivity contribution in [2.24, 2.45) is 0 Å². The number of rotatable bonds is 0. The molecule has 3 rings (SSSR count). The molecular weight excluding hydrogens is 279 g/mol. The van der Waals surface area contributed by atoms with Gasteiger partial charge in [0.1, 0.15) is 5.52 Å². The fourth-order valence-electron chi connectivity index (χ4n) is 2.43. The predicted octanol–water partition coefficient (Wildman–Crippen LogP) is 4.36. The molecule has 110 valence electrons. The summed E-state index contributed by atoms with van der Waals surface area (Å²) < 4.78 is 41.4. The summed E-state index contributed by atoms with van der Waals surface area (Å²) >= 11 is 0. The van der Waals surface area contributed by atoms with Crippen molar-refractivity contribution in [3.63, 3.8) is 0 Å². The zero-order valence-corrected chi connectivity index (χ0v) is 11.9. The van der Waals surface area contributed by atoms with Crippen molar-refractivity contribution < 1.29 is 13.2 Å². The summed E-state index contributed by atoms with van der Waals surface area (Å²) in [6.07, 6.45) is -3.22. The molecule has 21 heavy (non-hydrogen) atoms. The molecule has 0 unspecified atom stereocenters. The van der Waals surface area contributed by atoms with Crippen LogP contribution in [0.1, 0.15) is 26.5 Å². The van der Waals surface area contributed by atoms with Crippen LogP contribution in [0.2, 0.25) is 0 Å². The summed E-state index contributed by atoms with van der Waals surface area (Å²) in [7, 11) is 0. The Labute approximate surface area is 119 Å². The van der Waals surface area contributed by atoms with Gasteiger partial charge in [-0.2, -0.15) is 18.3 Å². The Bertz CT molecular complexity index is 826. The largest absolute Gasteiger partial charge is 0.433 e. The molecule has 2 heterocycles. The number of aromatic nitrogens is 3. The molecule has 2 aromatic heterocycles. The molecule has 0 aliphatic heterocycles. The molecule has 3 nitrogen and oxygen atoms in total. The van der Waals surface area contributed by atoms with Crippen molar-refractivity contribution in [2.75, 3.05) is 0 Å². The number of benzene rings is 1. The number of nitrogens with zero attached hydrogens (tertiary/aromatic N) is 3. The van der Waals surface area contributed by atoms with Gasteiger partial charge in [-0.3, -0.25) is 9.67 Å². The third kappa shape index (κ3) is 2.14. The van der Waals surface area contributed by atoms with E-state index in [1.54, 1.807) is 45.0 Å². The maximum Gasteiger partial charge on any atom is 0.433 e. The zero-order chi connectivity index (χ0) is 15.4. The average molecular weight is 293 g/mol. The molecule has 6 heteroatoms. The van der Waals surface area contributed by atoms with Gasteiger partial charge in [0, 0.05) is 11.6 Å². The van der Waals surface area contributed by atoms with Crippen LogP contribution in [0, 0.1) is 0 Å². The Morgan fingerprint density at radius 3 is 2.29 bits per heavy atom. The summed E-state index contributed by atoms with van der Waals surface area (Å²) in [6.45, 7) is 5.09. The van der Waals surface area contributed by atoms with Gasteiger partial charge in [-0.25, -0.2) is 0 Å². The lowest BCUT2D eigenvalue weighted by Crippen LogP contribution is -2.28. The van der Waals surface area contributed by atoms with E-state index in [1.165, 1.54) is 6.20 Å². The highest BCUT2D eigenvalue weighted by Gasteiger charge is 2.40. The molecule has 0 saturated heterocycles. The Morgan fingerprint density at radius 2 is 1.67 bits per heavy atom. The highest BCUT2D eigenvalue weighted by molar-refractivity contribution is 6.03. The number of hydrogen-bond donors (Lipinski definition) is 0. The van der Waals surface area contributed by atoms with E-state index in [-0.39, 0.29) is 5.39 Å². The molecular formula is C15H14F3N3. The van der Waals surface area contributed by atoms with Crippen molar-refractivity contribution in [3.8, 4) is 0 Å². The number of pyridine rings is 1. The lowest BCUT2D eigenvalue weighted by atomic mass is 10.1. The van der Waals surface area contributed by atoms with Crippen LogP contribution in [0.15, 0.2) is 30.5 Å². The minimum atomic E-state index is -4.48. The van der Waals surface area contributed by atoms with Crippen LogP contribution in [0.5, 0.6) is 0 Å². The number of fused-ring (bicyclic) bond motifs is 3. The van der Waals surface area contributed by atoms with E-state index in [2.05, 4.69) is 10.1 Å². The normalized spacial score (nSPS) is 13.2. The molecule has 0 aliphatic carbocycles. The molecule has 0 amide bonds. The van der Waals surface area contributed by atoms with Gasteiger partial charge in [0.2, 0.25) is 0 Å². The molecule has 0 N–H and O–H groups in total. The Kier molecular flexibility index (Phi) is 2.77. The van der Waals surface area contributed by atoms with E-state index in [4.69, 9.17) is 0 Å². The second kappa shape index (κ2) is 4.19. The minimum Gasteiger partial charge on any atom is -0.255 e. The number of alkyl halides is 3. The first-order chi connectivity index (χ1) is 9.69. The van der Waals surface area contributed by atoms with E-state index in [0.717, 1.165) is 4.68 Å². The van der Waals surface area contributed by atoms with Crippen LogP contribution in [0.3, 0.4) is 0 Å². The molecule has 0 aliphatic rings. The Morgan fingerprint density at radius 1 is 1.00 bits per heavy atom. The molecule has 0 bridgehead atoms. The molecule has 0 radical (unpaired) electrons. The van der Waals surface area contributed by atoms with E-state index in [0.29, 0.717) is 16.4 Å². The van der Waals surface area contributed by atoms with Gasteiger partial charge < -0.3 is 0 Å². The van der Waals surface area contributed by atoms with Gasteiger partial charge in [0.05, 0.1) is 16.4 Å². The molecule has 3 aromatic rings. The molecule has 0 saturated carbocycles. The fourth-order valence-corrected chi connectivity index (χ4v) is 2.43. The predicted molar refractivity (Wildman–Crippen MR) is 75.0 cm³/mol. The fraction of sp³-hybridized carbons (Fsp3) is 0.333. The third-order valence-corrected chi connectivity index (χ3v) is 3.32. The number of hydrogen-bond acceptors (Lipinski definition) is 2. The van der Waals surface area contributed by atoms with Gasteiger partial charge in [0.25, 0.3) is 0 Å². The quantitative estimate of drug-likeness (QED) is 0.616. The summed E-state index contributed by atoms with van der Waals surface area (Å²) in [5.74, 6) is 0. The van der Waals surface area contributed by atoms with Gasteiger partial charge in [0.15, 0.2) is 5.69 Å². The molecule has 0 fully saturated rings. The Balaban J connectivity index is 2.50. The first-order valence-corrected chi connectivity index (χ1v) is 6.54. The molecule has 0 atom stereocenters. The van der Waals surface area contributed by atoms with E-state index < -0.39 is 17.4 Å². The van der Waals surface area contributed by atoms with E-state index in [9.17, 15) is 13.2 Å². The summed E-state index contributed by atoms with van der Waals surface area (Å²) in [5, 5.41) is 4.90. The zero-order valence-electron chi connectivity index (χ0n) is 11.9. The third-order valence-electron chi connectivity index (χ3n) is 3.32. The van der Waals surface area contributed by atoms with Gasteiger partial charge in [-0.1, -0.05) is 18.2 Å². The lowest BCUT2D eigenvalue weighted by Gasteiger charge is -2.23. The summed E-state index contributed by atoms with van der Waals surface area (Å²) in [4.78, 5) is 4.13. The van der Waals surface area contributed by atoms with Crippen LogP contribution >= 0.6 is 0 Å². The smallest absolute Gasteiger partial charge is 0.255 e. The number of para-hydroxylation sites is 1. The van der Waals surface area contributed by atoms with Crippen molar-refractivity contribution >= 4 is 21.8 Å². The van der Waals surface area contributed by atoms with Crippen molar-refractivity contribution in [1.82, 2.24) is 14.8 Å². The van der Waals surface area contributed by atoms with E-state index in [1.807, 2.05) is 0 Å². The van der Waals surface area contributed by atoms with Crippen LogP contribution in [-0.4, -0.2) is 14.8 Å². The Hall–Kier alpha value is -2.11. The van der Waals surface area contributed by atoms with Crippen LogP contribution in [0.4, 0.5) is 13.2 Å². The topological polar surface area (TPSA) is 30.7 Å². The highest BCUT2D eigenvalue weighted by Crippen LogP contribution is 2.38. The van der Waals surface area contributed by atoms with Crippen molar-refractivity contribution in [3.05, 3.63) is 36.2 Å². The van der Waals surface area contributed by atoms with Crippen molar-refractivity contribution in [1.29, 1.82) is 0 Å².